The summed E-state index contributed by atoms with van der Waals surface area (Å²) in [6.45, 7) is 2.53. The zero-order chi connectivity index (χ0) is 42.4. The molecule has 64 heavy (non-hydrogen) atoms. The van der Waals surface area contributed by atoms with Crippen LogP contribution in [0.3, 0.4) is 0 Å². The minimum Gasteiger partial charge on any atom is -0.309 e. The molecule has 0 radical (unpaired) electrons. The van der Waals surface area contributed by atoms with Gasteiger partial charge in [-0.05, 0) is 124 Å². The van der Waals surface area contributed by atoms with Gasteiger partial charge in [-0.15, -0.1) is 0 Å². The summed E-state index contributed by atoms with van der Waals surface area (Å²) in [5.41, 5.74) is 15.7. The van der Waals surface area contributed by atoms with Crippen LogP contribution in [0.25, 0.3) is 34.1 Å². The Morgan fingerprint density at radius 1 is 0.547 bits per heavy atom. The van der Waals surface area contributed by atoms with E-state index in [1.807, 2.05) is 23.5 Å². The third-order valence-corrected chi connectivity index (χ3v) is 17.1. The maximum absolute atomic E-state index is 2.66. The predicted octanol–water partition coefficient (Wildman–Crippen LogP) is 17.1. The van der Waals surface area contributed by atoms with Gasteiger partial charge in [0.2, 0.25) is 0 Å². The predicted molar refractivity (Wildman–Crippen MR) is 271 cm³/mol. The van der Waals surface area contributed by atoms with Crippen molar-refractivity contribution in [3.05, 3.63) is 222 Å². The standard InChI is InChI=1S/C60H46N2S2/c1-39-13-12-36-60(39)49-37-41(28-32-46(49)47-33-31-43(38-50(47)60)61-52-16-4-8-20-56(52)63-57-21-9-5-17-53(57)61)25-24-40-26-29-42(30-27-40)44-34-35-51(48-15-3-2-14-45(44)48)62-54-18-6-10-22-58(54)64-59-23-11-7-19-55(59)62/h2-11,14-35,37-39,47,50H,12-13,36H2,1H3/b25-24+/t39-,47?,50?,60?/m1/s1. The monoisotopic (exact) mass is 858 g/mol. The lowest BCUT2D eigenvalue weighted by Crippen LogP contribution is -2.36. The summed E-state index contributed by atoms with van der Waals surface area (Å²) in [6, 6.07) is 65.3. The summed E-state index contributed by atoms with van der Waals surface area (Å²) in [7, 11) is 0. The molecule has 4 atom stereocenters. The zero-order valence-electron chi connectivity index (χ0n) is 35.7. The first-order chi connectivity index (χ1) is 31.6. The maximum atomic E-state index is 2.66. The van der Waals surface area contributed by atoms with Crippen LogP contribution in [0.4, 0.5) is 28.4 Å². The molecule has 8 aromatic rings. The van der Waals surface area contributed by atoms with E-state index in [4.69, 9.17) is 0 Å². The van der Waals surface area contributed by atoms with Crippen molar-refractivity contribution in [1.82, 2.24) is 0 Å². The van der Waals surface area contributed by atoms with Crippen LogP contribution >= 0.6 is 23.5 Å². The Bertz CT molecular complexity index is 3180. The minimum absolute atomic E-state index is 0.128. The Morgan fingerprint density at radius 2 is 1.11 bits per heavy atom. The van der Waals surface area contributed by atoms with Gasteiger partial charge in [0, 0.05) is 42.0 Å². The second kappa shape index (κ2) is 15.1. The average molecular weight is 859 g/mol. The molecule has 1 spiro atoms. The fourth-order valence-electron chi connectivity index (χ4n) is 11.9. The second-order valence-electron chi connectivity index (χ2n) is 18.1. The molecule has 0 aromatic heterocycles. The lowest BCUT2D eigenvalue weighted by molar-refractivity contribution is 0.260. The largest absolute Gasteiger partial charge is 0.309 e. The van der Waals surface area contributed by atoms with Crippen LogP contribution in [0.5, 0.6) is 0 Å². The highest BCUT2D eigenvalue weighted by molar-refractivity contribution is 8.00. The minimum atomic E-state index is 0.128. The topological polar surface area (TPSA) is 6.48 Å². The molecule has 1 saturated carbocycles. The van der Waals surface area contributed by atoms with Crippen molar-refractivity contribution in [2.75, 3.05) is 9.80 Å². The molecule has 2 aliphatic heterocycles. The molecule has 308 valence electrons. The van der Waals surface area contributed by atoms with Crippen molar-refractivity contribution in [2.24, 2.45) is 11.8 Å². The molecule has 0 amide bonds. The van der Waals surface area contributed by atoms with Crippen molar-refractivity contribution in [2.45, 2.75) is 57.1 Å². The van der Waals surface area contributed by atoms with Crippen LogP contribution in [-0.4, -0.2) is 0 Å². The van der Waals surface area contributed by atoms with Crippen LogP contribution in [0.1, 0.15) is 54.4 Å². The number of benzene rings is 8. The van der Waals surface area contributed by atoms with Crippen LogP contribution in [-0.2, 0) is 5.41 Å². The van der Waals surface area contributed by atoms with Gasteiger partial charge in [-0.1, -0.05) is 182 Å². The molecular weight excluding hydrogens is 813 g/mol. The van der Waals surface area contributed by atoms with Gasteiger partial charge in [0.15, 0.2) is 0 Å². The van der Waals surface area contributed by atoms with E-state index >= 15 is 0 Å². The van der Waals surface area contributed by atoms with Crippen LogP contribution in [0.2, 0.25) is 0 Å². The molecule has 4 heteroatoms. The first-order valence-electron chi connectivity index (χ1n) is 22.8. The molecule has 5 aliphatic rings. The normalized spacial score (nSPS) is 21.3. The summed E-state index contributed by atoms with van der Waals surface area (Å²) < 4.78 is 0. The quantitative estimate of drug-likeness (QED) is 0.159. The fraction of sp³-hybridized carbons (Fsp3) is 0.133. The summed E-state index contributed by atoms with van der Waals surface area (Å²) >= 11 is 3.73. The summed E-state index contributed by atoms with van der Waals surface area (Å²) in [4.78, 5) is 10.1. The molecule has 8 aromatic carbocycles. The first kappa shape index (κ1) is 38.0. The van der Waals surface area contributed by atoms with E-state index in [0.29, 0.717) is 17.8 Å². The number of allylic oxidation sites excluding steroid dienone is 3. The van der Waals surface area contributed by atoms with Crippen molar-refractivity contribution in [3.63, 3.8) is 0 Å². The molecule has 3 aliphatic carbocycles. The van der Waals surface area contributed by atoms with Gasteiger partial charge in [-0.3, -0.25) is 0 Å². The summed E-state index contributed by atoms with van der Waals surface area (Å²) in [6.07, 6.45) is 16.0. The molecule has 3 unspecified atom stereocenters. The average Bonchev–Trinajstić information content (AvgIpc) is 3.87. The first-order valence-corrected chi connectivity index (χ1v) is 24.4. The number of para-hydroxylation sites is 4. The van der Waals surface area contributed by atoms with Crippen LogP contribution in [0, 0.1) is 11.8 Å². The van der Waals surface area contributed by atoms with Gasteiger partial charge >= 0.3 is 0 Å². The van der Waals surface area contributed by atoms with Gasteiger partial charge in [0.05, 0.1) is 28.4 Å². The number of hydrogen-bond donors (Lipinski definition) is 0. The van der Waals surface area contributed by atoms with Crippen LogP contribution in [0.15, 0.2) is 219 Å². The fourth-order valence-corrected chi connectivity index (χ4v) is 14.0. The molecule has 0 N–H and O–H groups in total. The molecule has 13 rings (SSSR count). The maximum Gasteiger partial charge on any atom is 0.0601 e. The van der Waals surface area contributed by atoms with E-state index in [9.17, 15) is 0 Å². The Balaban J connectivity index is 0.810. The zero-order valence-corrected chi connectivity index (χ0v) is 37.3. The third-order valence-electron chi connectivity index (χ3n) is 14.8. The Hall–Kier alpha value is -6.46. The Morgan fingerprint density at radius 3 is 1.73 bits per heavy atom. The molecule has 2 heterocycles. The summed E-state index contributed by atoms with van der Waals surface area (Å²) in [5.74, 6) is 1.44. The SMILES string of the molecule is C[C@@H]1CCCC12c1cc(/C=C/c3ccc(-c4ccc(N5c6ccccc6Sc6ccccc65)c5ccccc45)cc3)ccc1C1C=CC(N3c4ccccc4Sc4ccccc43)=CC12. The van der Waals surface area contributed by atoms with Gasteiger partial charge in [0.25, 0.3) is 0 Å². The van der Waals surface area contributed by atoms with Gasteiger partial charge in [0.1, 0.15) is 0 Å². The Kier molecular flexibility index (Phi) is 8.96. The number of anilines is 5. The van der Waals surface area contributed by atoms with E-state index in [1.54, 1.807) is 5.56 Å². The lowest BCUT2D eigenvalue weighted by atomic mass is 9.65. The molecule has 0 saturated heterocycles. The van der Waals surface area contributed by atoms with E-state index < -0.39 is 0 Å². The molecule has 1 fully saturated rings. The number of nitrogens with zero attached hydrogens (tertiary/aromatic N) is 2. The highest BCUT2D eigenvalue weighted by Crippen LogP contribution is 2.63. The third kappa shape index (κ3) is 5.89. The molecular formula is C60H46N2S2. The van der Waals surface area contributed by atoms with Crippen molar-refractivity contribution >= 4 is 74.9 Å². The van der Waals surface area contributed by atoms with E-state index in [-0.39, 0.29) is 5.41 Å². The van der Waals surface area contributed by atoms with Gasteiger partial charge in [-0.2, -0.15) is 0 Å². The molecule has 2 nitrogen and oxygen atoms in total. The molecule has 0 bridgehead atoms. The van der Waals surface area contributed by atoms with Gasteiger partial charge in [-0.25, -0.2) is 0 Å². The van der Waals surface area contributed by atoms with E-state index in [0.717, 1.165) is 0 Å². The number of rotatable bonds is 5. The van der Waals surface area contributed by atoms with Crippen molar-refractivity contribution in [3.8, 4) is 11.1 Å². The van der Waals surface area contributed by atoms with Gasteiger partial charge < -0.3 is 9.80 Å². The second-order valence-corrected chi connectivity index (χ2v) is 20.2. The van der Waals surface area contributed by atoms with Crippen molar-refractivity contribution in [1.29, 1.82) is 0 Å². The summed E-state index contributed by atoms with van der Waals surface area (Å²) in [5, 5.41) is 2.50. The number of hydrogen-bond acceptors (Lipinski definition) is 4. The highest BCUT2D eigenvalue weighted by atomic mass is 32.2. The van der Waals surface area contributed by atoms with Crippen LogP contribution < -0.4 is 9.80 Å². The van der Waals surface area contributed by atoms with E-state index in [2.05, 4.69) is 223 Å². The van der Waals surface area contributed by atoms with E-state index in [1.165, 1.54) is 112 Å². The number of fused-ring (bicyclic) bond motifs is 10. The smallest absolute Gasteiger partial charge is 0.0601 e. The highest BCUT2D eigenvalue weighted by Gasteiger charge is 2.56. The Labute approximate surface area is 384 Å². The lowest BCUT2D eigenvalue weighted by Gasteiger charge is -2.40. The van der Waals surface area contributed by atoms with Crippen molar-refractivity contribution < 1.29 is 0 Å².